The standard InChI is InChI=1S/C14H22ClNO3S/c1-3-16-11-12-7-5-8-13(15)14(12)19-9-6-10-20(17,18)4-2/h5,7-8,16H,3-4,6,9-11H2,1-2H3. The Kier molecular flexibility index (Phi) is 7.34. The first-order valence-electron chi connectivity index (χ1n) is 6.81. The summed E-state index contributed by atoms with van der Waals surface area (Å²) in [4.78, 5) is 0. The summed E-state index contributed by atoms with van der Waals surface area (Å²) in [5, 5.41) is 3.78. The number of ether oxygens (including phenoxy) is 1. The molecule has 0 atom stereocenters. The SMILES string of the molecule is CCNCc1cccc(Cl)c1OCCCS(=O)(=O)CC. The maximum absolute atomic E-state index is 11.4. The molecule has 0 aliphatic rings. The van der Waals surface area contributed by atoms with E-state index in [0.29, 0.717) is 30.3 Å². The third kappa shape index (κ3) is 5.69. The van der Waals surface area contributed by atoms with Crippen LogP contribution in [0.5, 0.6) is 5.75 Å². The van der Waals surface area contributed by atoms with E-state index < -0.39 is 9.84 Å². The lowest BCUT2D eigenvalue weighted by Crippen LogP contribution is -2.14. The number of rotatable bonds is 9. The highest BCUT2D eigenvalue weighted by atomic mass is 35.5. The summed E-state index contributed by atoms with van der Waals surface area (Å²) in [5.74, 6) is 0.963. The maximum atomic E-state index is 11.4. The van der Waals surface area contributed by atoms with Crippen molar-refractivity contribution in [3.63, 3.8) is 0 Å². The highest BCUT2D eigenvalue weighted by Gasteiger charge is 2.10. The predicted octanol–water partition coefficient (Wildman–Crippen LogP) is 2.65. The van der Waals surface area contributed by atoms with Gasteiger partial charge < -0.3 is 10.1 Å². The molecule has 0 fully saturated rings. The van der Waals surface area contributed by atoms with Crippen LogP contribution < -0.4 is 10.1 Å². The Hall–Kier alpha value is -0.780. The molecule has 0 saturated heterocycles. The van der Waals surface area contributed by atoms with Crippen molar-refractivity contribution in [2.45, 2.75) is 26.8 Å². The Morgan fingerprint density at radius 1 is 1.30 bits per heavy atom. The third-order valence-corrected chi connectivity index (χ3v) is 4.99. The fourth-order valence-corrected chi connectivity index (χ4v) is 2.81. The minimum atomic E-state index is -2.93. The van der Waals surface area contributed by atoms with Crippen molar-refractivity contribution in [2.24, 2.45) is 0 Å². The fraction of sp³-hybridized carbons (Fsp3) is 0.571. The second kappa shape index (κ2) is 8.49. The molecule has 6 heteroatoms. The molecule has 0 unspecified atom stereocenters. The van der Waals surface area contributed by atoms with Gasteiger partial charge in [-0.25, -0.2) is 8.42 Å². The molecule has 0 aliphatic heterocycles. The number of benzene rings is 1. The normalized spacial score (nSPS) is 11.6. The lowest BCUT2D eigenvalue weighted by molar-refractivity contribution is 0.314. The van der Waals surface area contributed by atoms with Gasteiger partial charge in [0.1, 0.15) is 15.6 Å². The number of nitrogens with one attached hydrogen (secondary N) is 1. The molecule has 0 amide bonds. The number of hydrogen-bond acceptors (Lipinski definition) is 4. The van der Waals surface area contributed by atoms with Gasteiger partial charge in [0.15, 0.2) is 0 Å². The largest absolute Gasteiger partial charge is 0.492 e. The molecular weight excluding hydrogens is 298 g/mol. The van der Waals surface area contributed by atoms with Crippen LogP contribution in [0.25, 0.3) is 0 Å². The van der Waals surface area contributed by atoms with Gasteiger partial charge in [-0.15, -0.1) is 0 Å². The van der Waals surface area contributed by atoms with Crippen LogP contribution >= 0.6 is 11.6 Å². The zero-order chi connectivity index (χ0) is 15.0. The van der Waals surface area contributed by atoms with Crippen LogP contribution in [0.1, 0.15) is 25.8 Å². The second-order valence-corrected chi connectivity index (χ2v) is 7.33. The van der Waals surface area contributed by atoms with Gasteiger partial charge in [-0.2, -0.15) is 0 Å². The lowest BCUT2D eigenvalue weighted by atomic mass is 10.2. The van der Waals surface area contributed by atoms with Gasteiger partial charge in [-0.05, 0) is 19.0 Å². The number of para-hydroxylation sites is 1. The van der Waals surface area contributed by atoms with Crippen molar-refractivity contribution >= 4 is 21.4 Å². The molecule has 20 heavy (non-hydrogen) atoms. The molecule has 1 rings (SSSR count). The number of hydrogen-bond donors (Lipinski definition) is 1. The minimum absolute atomic E-state index is 0.149. The molecule has 0 bridgehead atoms. The highest BCUT2D eigenvalue weighted by molar-refractivity contribution is 7.91. The molecule has 0 spiro atoms. The molecule has 0 aromatic heterocycles. The number of sulfone groups is 1. The third-order valence-electron chi connectivity index (χ3n) is 2.90. The van der Waals surface area contributed by atoms with Gasteiger partial charge in [-0.3, -0.25) is 0 Å². The first-order chi connectivity index (χ1) is 9.50. The Morgan fingerprint density at radius 2 is 2.05 bits per heavy atom. The highest BCUT2D eigenvalue weighted by Crippen LogP contribution is 2.28. The molecule has 1 aromatic rings. The van der Waals surface area contributed by atoms with E-state index in [1.165, 1.54) is 0 Å². The van der Waals surface area contributed by atoms with E-state index in [1.54, 1.807) is 13.0 Å². The summed E-state index contributed by atoms with van der Waals surface area (Å²) in [6.07, 6.45) is 0.474. The molecule has 0 saturated carbocycles. The van der Waals surface area contributed by atoms with Crippen LogP contribution in [0.4, 0.5) is 0 Å². The molecule has 0 radical (unpaired) electrons. The molecule has 0 aliphatic carbocycles. The molecular formula is C14H22ClNO3S. The lowest BCUT2D eigenvalue weighted by Gasteiger charge is -2.13. The number of halogens is 1. The first kappa shape index (κ1) is 17.3. The quantitative estimate of drug-likeness (QED) is 0.711. The van der Waals surface area contributed by atoms with E-state index in [0.717, 1.165) is 12.1 Å². The van der Waals surface area contributed by atoms with Crippen LogP contribution in [0.15, 0.2) is 18.2 Å². The van der Waals surface area contributed by atoms with Crippen molar-refractivity contribution in [2.75, 3.05) is 24.7 Å². The van der Waals surface area contributed by atoms with E-state index >= 15 is 0 Å². The van der Waals surface area contributed by atoms with Crippen molar-refractivity contribution in [3.05, 3.63) is 28.8 Å². The summed E-state index contributed by atoms with van der Waals surface area (Å²) in [6.45, 7) is 5.57. The summed E-state index contributed by atoms with van der Waals surface area (Å²) in [6, 6.07) is 5.60. The smallest absolute Gasteiger partial charge is 0.150 e. The zero-order valence-corrected chi connectivity index (χ0v) is 13.6. The van der Waals surface area contributed by atoms with Crippen molar-refractivity contribution in [3.8, 4) is 5.75 Å². The van der Waals surface area contributed by atoms with Crippen LogP contribution in [0.2, 0.25) is 5.02 Å². The molecule has 1 aromatic carbocycles. The summed E-state index contributed by atoms with van der Waals surface area (Å²) in [5.41, 5.74) is 0.984. The Balaban J connectivity index is 2.58. The van der Waals surface area contributed by atoms with Gasteiger partial charge in [0.2, 0.25) is 0 Å². The topological polar surface area (TPSA) is 55.4 Å². The zero-order valence-electron chi connectivity index (χ0n) is 12.0. The van der Waals surface area contributed by atoms with E-state index in [9.17, 15) is 8.42 Å². The average molecular weight is 320 g/mol. The van der Waals surface area contributed by atoms with Gasteiger partial charge in [0.25, 0.3) is 0 Å². The predicted molar refractivity (Wildman–Crippen MR) is 83.3 cm³/mol. The van der Waals surface area contributed by atoms with Crippen LogP contribution in [-0.4, -0.2) is 33.1 Å². The van der Waals surface area contributed by atoms with Crippen molar-refractivity contribution in [1.29, 1.82) is 0 Å². The summed E-state index contributed by atoms with van der Waals surface area (Å²) in [7, 11) is -2.93. The summed E-state index contributed by atoms with van der Waals surface area (Å²) < 4.78 is 28.5. The van der Waals surface area contributed by atoms with Gasteiger partial charge in [0, 0.05) is 17.9 Å². The van der Waals surface area contributed by atoms with E-state index in [2.05, 4.69) is 5.32 Å². The summed E-state index contributed by atoms with van der Waals surface area (Å²) >= 11 is 6.13. The monoisotopic (exact) mass is 319 g/mol. The molecule has 0 heterocycles. The van der Waals surface area contributed by atoms with Crippen LogP contribution in [0.3, 0.4) is 0 Å². The van der Waals surface area contributed by atoms with Crippen LogP contribution in [0, 0.1) is 0 Å². The van der Waals surface area contributed by atoms with E-state index in [4.69, 9.17) is 16.3 Å². The second-order valence-electron chi connectivity index (χ2n) is 4.45. The Labute approximate surface area is 126 Å². The van der Waals surface area contributed by atoms with Gasteiger partial charge in [-0.1, -0.05) is 37.6 Å². The van der Waals surface area contributed by atoms with Gasteiger partial charge in [0.05, 0.1) is 17.4 Å². The van der Waals surface area contributed by atoms with E-state index in [1.807, 2.05) is 19.1 Å². The first-order valence-corrected chi connectivity index (χ1v) is 9.01. The van der Waals surface area contributed by atoms with E-state index in [-0.39, 0.29) is 11.5 Å². The van der Waals surface area contributed by atoms with Gasteiger partial charge >= 0.3 is 0 Å². The van der Waals surface area contributed by atoms with Crippen molar-refractivity contribution < 1.29 is 13.2 Å². The fourth-order valence-electron chi connectivity index (χ4n) is 1.71. The minimum Gasteiger partial charge on any atom is -0.492 e. The maximum Gasteiger partial charge on any atom is 0.150 e. The molecule has 1 N–H and O–H groups in total. The molecule has 4 nitrogen and oxygen atoms in total. The Morgan fingerprint density at radius 3 is 2.70 bits per heavy atom. The Bertz CT molecular complexity index is 517. The van der Waals surface area contributed by atoms with Crippen molar-refractivity contribution in [1.82, 2.24) is 5.32 Å². The molecule has 114 valence electrons. The van der Waals surface area contributed by atoms with Crippen LogP contribution in [-0.2, 0) is 16.4 Å². The average Bonchev–Trinajstić information content (AvgIpc) is 2.43.